The fraction of sp³-hybridized carbons (Fsp3) is 0.643. The lowest BCUT2D eigenvalue weighted by molar-refractivity contribution is 0.115. The van der Waals surface area contributed by atoms with Crippen LogP contribution in [0.3, 0.4) is 0 Å². The summed E-state index contributed by atoms with van der Waals surface area (Å²) in [6, 6.07) is 3.31. The summed E-state index contributed by atoms with van der Waals surface area (Å²) in [5, 5.41) is 0. The summed E-state index contributed by atoms with van der Waals surface area (Å²) in [5.74, 6) is 0. The van der Waals surface area contributed by atoms with Gasteiger partial charge in [-0.2, -0.15) is 0 Å². The van der Waals surface area contributed by atoms with E-state index >= 15 is 0 Å². The van der Waals surface area contributed by atoms with E-state index in [9.17, 15) is 0 Å². The van der Waals surface area contributed by atoms with Gasteiger partial charge in [0.15, 0.2) is 0 Å². The molecule has 2 saturated heterocycles. The van der Waals surface area contributed by atoms with Crippen molar-refractivity contribution in [2.24, 2.45) is 0 Å². The summed E-state index contributed by atoms with van der Waals surface area (Å²) < 4.78 is 0. The Labute approximate surface area is 109 Å². The summed E-state index contributed by atoms with van der Waals surface area (Å²) in [7, 11) is 0. The van der Waals surface area contributed by atoms with E-state index in [0.717, 1.165) is 18.3 Å². The maximum Gasteiger partial charge on any atom is 0.0576 e. The Hall–Kier alpha value is -1.29. The first-order valence-corrected chi connectivity index (χ1v) is 6.95. The van der Waals surface area contributed by atoms with E-state index in [4.69, 9.17) is 5.73 Å². The predicted molar refractivity (Wildman–Crippen MR) is 74.7 cm³/mol. The second kappa shape index (κ2) is 4.76. The lowest BCUT2D eigenvalue weighted by Crippen LogP contribution is -2.58. The Bertz CT molecular complexity index is 420. The second-order valence-electron chi connectivity index (χ2n) is 5.62. The van der Waals surface area contributed by atoms with Gasteiger partial charge in [-0.1, -0.05) is 6.42 Å². The molecular weight excluding hydrogens is 224 g/mol. The molecule has 3 rings (SSSR count). The number of rotatable bonds is 1. The van der Waals surface area contributed by atoms with Crippen molar-refractivity contribution < 1.29 is 0 Å². The van der Waals surface area contributed by atoms with Crippen molar-refractivity contribution in [1.29, 1.82) is 0 Å². The predicted octanol–water partition coefficient (Wildman–Crippen LogP) is 1.73. The van der Waals surface area contributed by atoms with Crippen LogP contribution in [0.25, 0.3) is 0 Å². The molecule has 0 aliphatic carbocycles. The Morgan fingerprint density at radius 2 is 2.17 bits per heavy atom. The van der Waals surface area contributed by atoms with E-state index in [0.29, 0.717) is 6.04 Å². The number of nitrogens with zero attached hydrogens (tertiary/aromatic N) is 3. The van der Waals surface area contributed by atoms with Crippen LogP contribution in [0, 0.1) is 0 Å². The average Bonchev–Trinajstić information content (AvgIpc) is 2.38. The molecule has 0 radical (unpaired) electrons. The number of nitrogens with two attached hydrogens (primary N) is 1. The Balaban J connectivity index is 1.80. The summed E-state index contributed by atoms with van der Waals surface area (Å²) in [4.78, 5) is 9.34. The van der Waals surface area contributed by atoms with Crippen LogP contribution < -0.4 is 10.6 Å². The maximum absolute atomic E-state index is 5.84. The minimum atomic E-state index is 0.544. The molecule has 4 heteroatoms. The molecule has 98 valence electrons. The maximum atomic E-state index is 5.84. The van der Waals surface area contributed by atoms with Crippen molar-refractivity contribution >= 4 is 11.4 Å². The zero-order valence-corrected chi connectivity index (χ0v) is 11.0. The number of hydrogen-bond acceptors (Lipinski definition) is 4. The lowest BCUT2D eigenvalue weighted by Gasteiger charge is -2.48. The van der Waals surface area contributed by atoms with E-state index in [2.05, 4.69) is 21.7 Å². The molecule has 2 atom stereocenters. The van der Waals surface area contributed by atoms with E-state index in [1.807, 2.05) is 12.3 Å². The normalized spacial score (nSPS) is 29.1. The van der Waals surface area contributed by atoms with Gasteiger partial charge in [0.2, 0.25) is 0 Å². The minimum Gasteiger partial charge on any atom is -0.397 e. The topological polar surface area (TPSA) is 45.4 Å². The van der Waals surface area contributed by atoms with Crippen LogP contribution in [0.1, 0.15) is 26.2 Å². The molecule has 0 amide bonds. The van der Waals surface area contributed by atoms with Crippen LogP contribution in [-0.2, 0) is 0 Å². The molecule has 1 aromatic heterocycles. The number of piperidine rings is 1. The van der Waals surface area contributed by atoms with E-state index in [1.165, 1.54) is 38.0 Å². The molecule has 2 aliphatic rings. The number of aromatic nitrogens is 1. The number of nitrogen functional groups attached to an aromatic ring is 1. The Kier molecular flexibility index (Phi) is 3.12. The molecule has 2 unspecified atom stereocenters. The van der Waals surface area contributed by atoms with Crippen molar-refractivity contribution in [3.05, 3.63) is 18.5 Å². The monoisotopic (exact) mass is 246 g/mol. The molecule has 0 aromatic carbocycles. The van der Waals surface area contributed by atoms with E-state index < -0.39 is 0 Å². The summed E-state index contributed by atoms with van der Waals surface area (Å²) >= 11 is 0. The minimum absolute atomic E-state index is 0.544. The van der Waals surface area contributed by atoms with Gasteiger partial charge in [0.05, 0.1) is 17.6 Å². The molecule has 18 heavy (non-hydrogen) atoms. The first kappa shape index (κ1) is 11.8. The third-order valence-corrected chi connectivity index (χ3v) is 4.26. The first-order valence-electron chi connectivity index (χ1n) is 6.95. The number of hydrogen-bond donors (Lipinski definition) is 1. The van der Waals surface area contributed by atoms with Gasteiger partial charge in [0.1, 0.15) is 0 Å². The molecule has 3 heterocycles. The highest BCUT2D eigenvalue weighted by Crippen LogP contribution is 2.28. The highest BCUT2D eigenvalue weighted by Gasteiger charge is 2.33. The molecule has 0 saturated carbocycles. The molecular formula is C14H22N4. The van der Waals surface area contributed by atoms with Crippen molar-refractivity contribution in [2.45, 2.75) is 38.3 Å². The number of piperazine rings is 1. The van der Waals surface area contributed by atoms with Gasteiger partial charge in [-0.15, -0.1) is 0 Å². The van der Waals surface area contributed by atoms with Gasteiger partial charge >= 0.3 is 0 Å². The molecule has 2 aliphatic heterocycles. The van der Waals surface area contributed by atoms with Crippen LogP contribution >= 0.6 is 0 Å². The smallest absolute Gasteiger partial charge is 0.0576 e. The van der Waals surface area contributed by atoms with Crippen LogP contribution in [-0.4, -0.2) is 41.6 Å². The summed E-state index contributed by atoms with van der Waals surface area (Å²) in [6.07, 6.45) is 7.72. The Morgan fingerprint density at radius 3 is 3.00 bits per heavy atom. The first-order chi connectivity index (χ1) is 8.74. The van der Waals surface area contributed by atoms with Crippen molar-refractivity contribution in [2.75, 3.05) is 30.3 Å². The average molecular weight is 246 g/mol. The highest BCUT2D eigenvalue weighted by molar-refractivity contribution is 5.54. The number of fused-ring (bicyclic) bond motifs is 1. The van der Waals surface area contributed by atoms with Crippen molar-refractivity contribution in [3.8, 4) is 0 Å². The largest absolute Gasteiger partial charge is 0.397 e. The third kappa shape index (κ3) is 2.17. The standard InChI is InChI=1S/C14H22N4/c1-11-9-17-5-3-2-4-13(17)10-18(11)14-6-12(15)7-16-8-14/h6-8,11,13H,2-5,9-10,15H2,1H3. The fourth-order valence-electron chi connectivity index (χ4n) is 3.31. The van der Waals surface area contributed by atoms with Gasteiger partial charge in [-0.25, -0.2) is 0 Å². The van der Waals surface area contributed by atoms with Gasteiger partial charge < -0.3 is 10.6 Å². The third-order valence-electron chi connectivity index (χ3n) is 4.26. The van der Waals surface area contributed by atoms with Gasteiger partial charge in [-0.05, 0) is 32.4 Å². The summed E-state index contributed by atoms with van der Waals surface area (Å²) in [5.41, 5.74) is 7.77. The van der Waals surface area contributed by atoms with Gasteiger partial charge in [-0.3, -0.25) is 9.88 Å². The van der Waals surface area contributed by atoms with E-state index in [-0.39, 0.29) is 0 Å². The number of pyridine rings is 1. The van der Waals surface area contributed by atoms with Crippen LogP contribution in [0.15, 0.2) is 18.5 Å². The van der Waals surface area contributed by atoms with Crippen molar-refractivity contribution in [3.63, 3.8) is 0 Å². The van der Waals surface area contributed by atoms with Crippen molar-refractivity contribution in [1.82, 2.24) is 9.88 Å². The highest BCUT2D eigenvalue weighted by atomic mass is 15.3. The Morgan fingerprint density at radius 1 is 1.28 bits per heavy atom. The molecule has 0 bridgehead atoms. The molecule has 4 nitrogen and oxygen atoms in total. The lowest BCUT2D eigenvalue weighted by atomic mass is 9.97. The van der Waals surface area contributed by atoms with Gasteiger partial charge in [0.25, 0.3) is 0 Å². The van der Waals surface area contributed by atoms with E-state index in [1.54, 1.807) is 6.20 Å². The fourth-order valence-corrected chi connectivity index (χ4v) is 3.31. The second-order valence-corrected chi connectivity index (χ2v) is 5.62. The SMILES string of the molecule is CC1CN2CCCCC2CN1c1cncc(N)c1. The molecule has 0 spiro atoms. The van der Waals surface area contributed by atoms with Crippen LogP contribution in [0.2, 0.25) is 0 Å². The van der Waals surface area contributed by atoms with Gasteiger partial charge in [0, 0.05) is 31.4 Å². The molecule has 1 aromatic rings. The zero-order chi connectivity index (χ0) is 12.5. The van der Waals surface area contributed by atoms with Crippen LogP contribution in [0.4, 0.5) is 11.4 Å². The summed E-state index contributed by atoms with van der Waals surface area (Å²) in [6.45, 7) is 5.86. The van der Waals surface area contributed by atoms with Crippen LogP contribution in [0.5, 0.6) is 0 Å². The molecule has 2 N–H and O–H groups in total. The number of anilines is 2. The molecule has 2 fully saturated rings. The zero-order valence-electron chi connectivity index (χ0n) is 11.0. The quantitative estimate of drug-likeness (QED) is 0.819.